The van der Waals surface area contributed by atoms with Crippen LogP contribution in [-0.4, -0.2) is 18.1 Å². The summed E-state index contributed by atoms with van der Waals surface area (Å²) in [6.45, 7) is 2.15. The summed E-state index contributed by atoms with van der Waals surface area (Å²) in [7, 11) is 0. The lowest BCUT2D eigenvalue weighted by Gasteiger charge is -2.35. The zero-order valence-electron chi connectivity index (χ0n) is 7.72. The highest BCUT2D eigenvalue weighted by atomic mass is 15.0. The third-order valence-corrected chi connectivity index (χ3v) is 2.39. The van der Waals surface area contributed by atoms with Crippen molar-refractivity contribution in [1.29, 1.82) is 0 Å². The smallest absolute Gasteiger partial charge is 0.0688 e. The van der Waals surface area contributed by atoms with Crippen molar-refractivity contribution in [3.05, 3.63) is 0 Å². The second kappa shape index (κ2) is 4.49. The van der Waals surface area contributed by atoms with Crippen LogP contribution in [-0.2, 0) is 0 Å². The molecule has 0 saturated heterocycles. The van der Waals surface area contributed by atoms with E-state index in [1.807, 2.05) is 0 Å². The number of hydrogen-bond donors (Lipinski definition) is 2. The molecule has 0 aromatic rings. The largest absolute Gasteiger partial charge is 0.328 e. The van der Waals surface area contributed by atoms with E-state index in [2.05, 4.69) is 18.2 Å². The van der Waals surface area contributed by atoms with Crippen molar-refractivity contribution in [3.63, 3.8) is 0 Å². The third-order valence-electron chi connectivity index (χ3n) is 2.39. The van der Waals surface area contributed by atoms with Crippen LogP contribution in [0.1, 0.15) is 32.6 Å². The molecule has 1 aliphatic rings. The van der Waals surface area contributed by atoms with Crippen molar-refractivity contribution in [1.82, 2.24) is 5.32 Å². The van der Waals surface area contributed by atoms with Crippen LogP contribution >= 0.6 is 0 Å². The van der Waals surface area contributed by atoms with Crippen LogP contribution in [0.25, 0.3) is 0 Å². The Balaban J connectivity index is 2.16. The fraction of sp³-hybridized carbons (Fsp3) is 0.800. The number of terminal acetylenes is 1. The SMILES string of the molecule is C#CC(CCC)NC1CC(N)C1. The van der Waals surface area contributed by atoms with Crippen LogP contribution in [0.4, 0.5) is 0 Å². The van der Waals surface area contributed by atoms with E-state index in [0.29, 0.717) is 12.1 Å². The van der Waals surface area contributed by atoms with Crippen LogP contribution in [0.2, 0.25) is 0 Å². The van der Waals surface area contributed by atoms with E-state index < -0.39 is 0 Å². The number of rotatable bonds is 4. The maximum absolute atomic E-state index is 5.67. The molecule has 3 N–H and O–H groups in total. The Morgan fingerprint density at radius 3 is 2.75 bits per heavy atom. The molecule has 1 fully saturated rings. The summed E-state index contributed by atoms with van der Waals surface area (Å²) in [5.41, 5.74) is 5.67. The highest BCUT2D eigenvalue weighted by Crippen LogP contribution is 2.18. The summed E-state index contributed by atoms with van der Waals surface area (Å²) in [5.74, 6) is 2.76. The van der Waals surface area contributed by atoms with Crippen LogP contribution in [0.3, 0.4) is 0 Å². The van der Waals surface area contributed by atoms with Gasteiger partial charge in [0.2, 0.25) is 0 Å². The molecule has 1 unspecified atom stereocenters. The summed E-state index contributed by atoms with van der Waals surface area (Å²) in [6, 6.07) is 1.24. The normalized spacial score (nSPS) is 30.4. The van der Waals surface area contributed by atoms with Gasteiger partial charge in [-0.2, -0.15) is 0 Å². The Morgan fingerprint density at radius 2 is 2.33 bits per heavy atom. The second-order valence-corrected chi connectivity index (χ2v) is 3.60. The van der Waals surface area contributed by atoms with Crippen molar-refractivity contribution >= 4 is 0 Å². The summed E-state index contributed by atoms with van der Waals surface area (Å²) < 4.78 is 0. The Hall–Kier alpha value is -0.520. The molecular weight excluding hydrogens is 148 g/mol. The van der Waals surface area contributed by atoms with E-state index in [1.54, 1.807) is 0 Å². The average molecular weight is 166 g/mol. The molecule has 1 rings (SSSR count). The van der Waals surface area contributed by atoms with Gasteiger partial charge in [-0.15, -0.1) is 6.42 Å². The van der Waals surface area contributed by atoms with Crippen molar-refractivity contribution in [2.75, 3.05) is 0 Å². The van der Waals surface area contributed by atoms with Crippen molar-refractivity contribution in [2.45, 2.75) is 50.7 Å². The molecule has 2 nitrogen and oxygen atoms in total. The Kier molecular flexibility index (Phi) is 3.58. The molecule has 0 heterocycles. The van der Waals surface area contributed by atoms with E-state index in [-0.39, 0.29) is 6.04 Å². The minimum Gasteiger partial charge on any atom is -0.328 e. The monoisotopic (exact) mass is 166 g/mol. The first-order valence-corrected chi connectivity index (χ1v) is 4.74. The topological polar surface area (TPSA) is 38.0 Å². The lowest BCUT2D eigenvalue weighted by atomic mass is 9.87. The first-order valence-electron chi connectivity index (χ1n) is 4.74. The van der Waals surface area contributed by atoms with Crippen LogP contribution in [0, 0.1) is 12.3 Å². The molecule has 0 aromatic carbocycles. The van der Waals surface area contributed by atoms with Gasteiger partial charge in [-0.1, -0.05) is 19.3 Å². The minimum atomic E-state index is 0.257. The van der Waals surface area contributed by atoms with Gasteiger partial charge in [-0.3, -0.25) is 0 Å². The lowest BCUT2D eigenvalue weighted by molar-refractivity contribution is 0.277. The van der Waals surface area contributed by atoms with Gasteiger partial charge >= 0.3 is 0 Å². The predicted molar refractivity (Wildman–Crippen MR) is 51.7 cm³/mol. The van der Waals surface area contributed by atoms with Crippen LogP contribution in [0.15, 0.2) is 0 Å². The fourth-order valence-electron chi connectivity index (χ4n) is 1.59. The van der Waals surface area contributed by atoms with Gasteiger partial charge in [0.05, 0.1) is 6.04 Å². The zero-order valence-corrected chi connectivity index (χ0v) is 7.72. The molecule has 1 atom stereocenters. The molecule has 1 saturated carbocycles. The molecule has 0 amide bonds. The van der Waals surface area contributed by atoms with E-state index in [4.69, 9.17) is 12.2 Å². The maximum Gasteiger partial charge on any atom is 0.0688 e. The summed E-state index contributed by atoms with van der Waals surface area (Å²) in [4.78, 5) is 0. The van der Waals surface area contributed by atoms with E-state index in [9.17, 15) is 0 Å². The fourth-order valence-corrected chi connectivity index (χ4v) is 1.59. The third kappa shape index (κ3) is 2.51. The summed E-state index contributed by atoms with van der Waals surface area (Å²) in [5, 5.41) is 3.42. The van der Waals surface area contributed by atoms with E-state index in [0.717, 1.165) is 25.7 Å². The van der Waals surface area contributed by atoms with Gasteiger partial charge in [0, 0.05) is 12.1 Å². The predicted octanol–water partition coefficient (Wildman–Crippen LogP) is 0.868. The quantitative estimate of drug-likeness (QED) is 0.608. The molecule has 2 heteroatoms. The first kappa shape index (κ1) is 9.57. The molecular formula is C10H18N2. The van der Waals surface area contributed by atoms with Gasteiger partial charge in [-0.25, -0.2) is 0 Å². The van der Waals surface area contributed by atoms with Crippen LogP contribution < -0.4 is 11.1 Å². The van der Waals surface area contributed by atoms with Gasteiger partial charge in [0.1, 0.15) is 0 Å². The zero-order chi connectivity index (χ0) is 8.97. The Bertz CT molecular complexity index is 165. The van der Waals surface area contributed by atoms with Gasteiger partial charge in [0.25, 0.3) is 0 Å². The highest BCUT2D eigenvalue weighted by molar-refractivity contribution is 5.02. The number of nitrogens with one attached hydrogen (secondary N) is 1. The van der Waals surface area contributed by atoms with E-state index >= 15 is 0 Å². The lowest BCUT2D eigenvalue weighted by Crippen LogP contribution is -2.51. The molecule has 68 valence electrons. The van der Waals surface area contributed by atoms with Gasteiger partial charge in [-0.05, 0) is 19.3 Å². The maximum atomic E-state index is 5.67. The number of nitrogens with two attached hydrogens (primary N) is 1. The minimum absolute atomic E-state index is 0.257. The molecule has 0 spiro atoms. The van der Waals surface area contributed by atoms with Crippen molar-refractivity contribution < 1.29 is 0 Å². The van der Waals surface area contributed by atoms with E-state index in [1.165, 1.54) is 0 Å². The van der Waals surface area contributed by atoms with Gasteiger partial charge < -0.3 is 11.1 Å². The molecule has 0 bridgehead atoms. The van der Waals surface area contributed by atoms with Crippen LogP contribution in [0.5, 0.6) is 0 Å². The van der Waals surface area contributed by atoms with Crippen molar-refractivity contribution in [2.24, 2.45) is 5.73 Å². The standard InChI is InChI=1S/C10H18N2/c1-3-5-9(4-2)12-10-6-8(11)7-10/h2,8-10,12H,3,5-7,11H2,1H3. The summed E-state index contributed by atoms with van der Waals surface area (Å²) in [6.07, 6.45) is 9.76. The molecule has 12 heavy (non-hydrogen) atoms. The van der Waals surface area contributed by atoms with Gasteiger partial charge in [0.15, 0.2) is 0 Å². The van der Waals surface area contributed by atoms with Crippen molar-refractivity contribution in [3.8, 4) is 12.3 Å². The number of hydrogen-bond acceptors (Lipinski definition) is 2. The molecule has 1 aliphatic carbocycles. The molecule has 0 radical (unpaired) electrons. The Labute approximate surface area is 74.9 Å². The molecule has 0 aromatic heterocycles. The first-order chi connectivity index (χ1) is 5.76. The second-order valence-electron chi connectivity index (χ2n) is 3.60. The highest BCUT2D eigenvalue weighted by Gasteiger charge is 2.26. The summed E-state index contributed by atoms with van der Waals surface area (Å²) >= 11 is 0. The Morgan fingerprint density at radius 1 is 1.67 bits per heavy atom. The average Bonchev–Trinajstić information content (AvgIpc) is 2.00. The molecule has 0 aliphatic heterocycles.